The standard InChI is InChI=1S/C22H38O4/c1-5-8-15-25-21(23)19(17(4)7-3)20(18-13-11-10-12-14-18)22(24)26-16-9-6-2/h17-18H,5-16H2,1-4H3. The molecule has 1 aliphatic carbocycles. The normalized spacial score (nSPS) is 17.4. The maximum Gasteiger partial charge on any atom is 0.334 e. The molecular formula is C22H38O4. The first kappa shape index (κ1) is 22.7. The van der Waals surface area contributed by atoms with E-state index >= 15 is 0 Å². The molecular weight excluding hydrogens is 328 g/mol. The van der Waals surface area contributed by atoms with Gasteiger partial charge in [0.15, 0.2) is 0 Å². The van der Waals surface area contributed by atoms with Gasteiger partial charge in [-0.25, -0.2) is 9.59 Å². The molecule has 4 heteroatoms. The maximum atomic E-state index is 12.9. The Morgan fingerprint density at radius 1 is 0.885 bits per heavy atom. The average molecular weight is 367 g/mol. The summed E-state index contributed by atoms with van der Waals surface area (Å²) in [5.74, 6) is -0.491. The summed E-state index contributed by atoms with van der Waals surface area (Å²) in [6.07, 6.45) is 9.79. The van der Waals surface area contributed by atoms with Crippen molar-refractivity contribution in [1.29, 1.82) is 0 Å². The third-order valence-corrected chi connectivity index (χ3v) is 5.31. The Balaban J connectivity index is 3.16. The summed E-state index contributed by atoms with van der Waals surface area (Å²) in [4.78, 5) is 25.8. The summed E-state index contributed by atoms with van der Waals surface area (Å²) in [6.45, 7) is 9.03. The molecule has 0 aromatic carbocycles. The van der Waals surface area contributed by atoms with E-state index < -0.39 is 0 Å². The molecule has 0 N–H and O–H groups in total. The number of hydrogen-bond donors (Lipinski definition) is 0. The molecule has 1 unspecified atom stereocenters. The van der Waals surface area contributed by atoms with E-state index in [0.29, 0.717) is 24.4 Å². The minimum Gasteiger partial charge on any atom is -0.462 e. The molecule has 4 nitrogen and oxygen atoms in total. The number of esters is 2. The molecule has 0 radical (unpaired) electrons. The van der Waals surface area contributed by atoms with E-state index in [1.807, 2.05) is 13.8 Å². The number of carbonyl (C=O) groups is 2. The third kappa shape index (κ3) is 7.13. The molecule has 1 rings (SSSR count). The zero-order chi connectivity index (χ0) is 19.4. The molecule has 1 atom stereocenters. The fourth-order valence-electron chi connectivity index (χ4n) is 3.44. The minimum atomic E-state index is -0.319. The highest BCUT2D eigenvalue weighted by molar-refractivity contribution is 6.01. The fourth-order valence-corrected chi connectivity index (χ4v) is 3.44. The van der Waals surface area contributed by atoms with E-state index in [1.54, 1.807) is 0 Å². The molecule has 0 aliphatic heterocycles. The summed E-state index contributed by atoms with van der Waals surface area (Å²) in [5.41, 5.74) is 1.17. The lowest BCUT2D eigenvalue weighted by molar-refractivity contribution is -0.143. The molecule has 1 fully saturated rings. The summed E-state index contributed by atoms with van der Waals surface area (Å²) in [6, 6.07) is 0. The predicted molar refractivity (Wildman–Crippen MR) is 105 cm³/mol. The van der Waals surface area contributed by atoms with E-state index in [0.717, 1.165) is 57.8 Å². The summed E-state index contributed by atoms with van der Waals surface area (Å²) < 4.78 is 11.1. The first-order chi connectivity index (χ1) is 12.6. The van der Waals surface area contributed by atoms with Crippen LogP contribution in [-0.4, -0.2) is 25.2 Å². The number of hydrogen-bond acceptors (Lipinski definition) is 4. The van der Waals surface area contributed by atoms with Crippen LogP contribution in [-0.2, 0) is 19.1 Å². The van der Waals surface area contributed by atoms with Crippen LogP contribution in [0.4, 0.5) is 0 Å². The summed E-state index contributed by atoms with van der Waals surface area (Å²) in [7, 11) is 0. The second-order valence-corrected chi connectivity index (χ2v) is 7.45. The van der Waals surface area contributed by atoms with Crippen molar-refractivity contribution < 1.29 is 19.1 Å². The smallest absolute Gasteiger partial charge is 0.334 e. The molecule has 0 aromatic rings. The van der Waals surface area contributed by atoms with Crippen molar-refractivity contribution in [3.8, 4) is 0 Å². The quantitative estimate of drug-likeness (QED) is 0.271. The molecule has 150 valence electrons. The van der Waals surface area contributed by atoms with Gasteiger partial charge in [0.05, 0.1) is 24.4 Å². The summed E-state index contributed by atoms with van der Waals surface area (Å²) in [5, 5.41) is 0. The zero-order valence-electron chi connectivity index (χ0n) is 17.3. The Labute approximate surface area is 159 Å². The van der Waals surface area contributed by atoms with Crippen LogP contribution >= 0.6 is 0 Å². The number of ether oxygens (including phenoxy) is 2. The Morgan fingerprint density at radius 3 is 1.92 bits per heavy atom. The van der Waals surface area contributed by atoms with Crippen LogP contribution in [0.5, 0.6) is 0 Å². The van der Waals surface area contributed by atoms with E-state index in [2.05, 4.69) is 13.8 Å². The largest absolute Gasteiger partial charge is 0.462 e. The van der Waals surface area contributed by atoms with Crippen molar-refractivity contribution in [3.05, 3.63) is 11.1 Å². The third-order valence-electron chi connectivity index (χ3n) is 5.31. The van der Waals surface area contributed by atoms with Crippen LogP contribution in [0.2, 0.25) is 0 Å². The highest BCUT2D eigenvalue weighted by Crippen LogP contribution is 2.35. The molecule has 26 heavy (non-hydrogen) atoms. The van der Waals surface area contributed by atoms with E-state index in [4.69, 9.17) is 9.47 Å². The Bertz CT molecular complexity index is 461. The lowest BCUT2D eigenvalue weighted by atomic mass is 9.79. The minimum absolute atomic E-state index is 0.000205. The van der Waals surface area contributed by atoms with Gasteiger partial charge >= 0.3 is 11.9 Å². The highest BCUT2D eigenvalue weighted by atomic mass is 16.5. The summed E-state index contributed by atoms with van der Waals surface area (Å²) >= 11 is 0. The molecule has 0 bridgehead atoms. The first-order valence-corrected chi connectivity index (χ1v) is 10.6. The van der Waals surface area contributed by atoms with Gasteiger partial charge in [0.1, 0.15) is 0 Å². The van der Waals surface area contributed by atoms with Gasteiger partial charge in [0, 0.05) is 0 Å². The SMILES string of the molecule is CCCCOC(=O)C(=C(C(=O)OCCCC)C1CCCCC1)C(C)CC. The van der Waals surface area contributed by atoms with Crippen molar-refractivity contribution >= 4 is 11.9 Å². The lowest BCUT2D eigenvalue weighted by Crippen LogP contribution is -2.27. The van der Waals surface area contributed by atoms with Gasteiger partial charge in [-0.05, 0) is 43.9 Å². The van der Waals surface area contributed by atoms with E-state index in [9.17, 15) is 9.59 Å². The van der Waals surface area contributed by atoms with Crippen LogP contribution in [0.25, 0.3) is 0 Å². The second kappa shape index (κ2) is 12.9. The number of unbranched alkanes of at least 4 members (excludes halogenated alkanes) is 2. The maximum absolute atomic E-state index is 12.9. The van der Waals surface area contributed by atoms with Crippen LogP contribution in [0.1, 0.15) is 91.9 Å². The molecule has 0 aromatic heterocycles. The van der Waals surface area contributed by atoms with E-state index in [-0.39, 0.29) is 23.8 Å². The molecule has 0 spiro atoms. The number of carbonyl (C=O) groups excluding carboxylic acids is 2. The van der Waals surface area contributed by atoms with Gasteiger partial charge in [0.2, 0.25) is 0 Å². The van der Waals surface area contributed by atoms with Gasteiger partial charge in [-0.2, -0.15) is 0 Å². The van der Waals surface area contributed by atoms with Gasteiger partial charge < -0.3 is 9.47 Å². The van der Waals surface area contributed by atoms with Crippen molar-refractivity contribution in [1.82, 2.24) is 0 Å². The van der Waals surface area contributed by atoms with E-state index in [1.165, 1.54) is 6.42 Å². The van der Waals surface area contributed by atoms with Gasteiger partial charge in [-0.3, -0.25) is 0 Å². The topological polar surface area (TPSA) is 52.6 Å². The molecule has 1 aliphatic rings. The Hall–Kier alpha value is -1.32. The molecule has 0 heterocycles. The first-order valence-electron chi connectivity index (χ1n) is 10.6. The fraction of sp³-hybridized carbons (Fsp3) is 0.818. The number of rotatable bonds is 11. The highest BCUT2D eigenvalue weighted by Gasteiger charge is 2.33. The van der Waals surface area contributed by atoms with Crippen LogP contribution in [0, 0.1) is 11.8 Å². The van der Waals surface area contributed by atoms with Crippen LogP contribution in [0.3, 0.4) is 0 Å². The Morgan fingerprint density at radius 2 is 1.42 bits per heavy atom. The van der Waals surface area contributed by atoms with Crippen LogP contribution < -0.4 is 0 Å². The van der Waals surface area contributed by atoms with Gasteiger partial charge in [0.25, 0.3) is 0 Å². The molecule has 0 amide bonds. The average Bonchev–Trinajstić information content (AvgIpc) is 2.66. The van der Waals surface area contributed by atoms with Crippen LogP contribution in [0.15, 0.2) is 11.1 Å². The Kier molecular flexibility index (Phi) is 11.3. The predicted octanol–water partition coefficient (Wildman–Crippen LogP) is 5.60. The van der Waals surface area contributed by atoms with Crippen molar-refractivity contribution in [3.63, 3.8) is 0 Å². The van der Waals surface area contributed by atoms with Crippen molar-refractivity contribution in [2.75, 3.05) is 13.2 Å². The zero-order valence-corrected chi connectivity index (χ0v) is 17.3. The van der Waals surface area contributed by atoms with Crippen molar-refractivity contribution in [2.45, 2.75) is 91.9 Å². The van der Waals surface area contributed by atoms with Crippen molar-refractivity contribution in [2.24, 2.45) is 11.8 Å². The lowest BCUT2D eigenvalue weighted by Gasteiger charge is -2.27. The molecule has 1 saturated carbocycles. The van der Waals surface area contributed by atoms with Gasteiger partial charge in [-0.15, -0.1) is 0 Å². The second-order valence-electron chi connectivity index (χ2n) is 7.45. The molecule has 0 saturated heterocycles. The monoisotopic (exact) mass is 366 g/mol. The van der Waals surface area contributed by atoms with Gasteiger partial charge in [-0.1, -0.05) is 59.8 Å².